The molecular weight excluding hydrogens is 252 g/mol. The van der Waals surface area contributed by atoms with Crippen molar-refractivity contribution in [1.82, 2.24) is 0 Å². The number of hydrogen-bond donors (Lipinski definition) is 0. The Balaban J connectivity index is 2.08. The molecule has 3 saturated carbocycles. The van der Waals surface area contributed by atoms with E-state index in [0.717, 1.165) is 12.8 Å². The molecule has 0 spiro atoms. The third-order valence-corrected chi connectivity index (χ3v) is 7.30. The van der Waals surface area contributed by atoms with Crippen LogP contribution in [0, 0.1) is 28.1 Å². The second-order valence-corrected chi connectivity index (χ2v) is 7.61. The monoisotopic (exact) mass is 278 g/mol. The minimum absolute atomic E-state index is 0.0748. The summed E-state index contributed by atoms with van der Waals surface area (Å²) in [5.74, 6) is 0.792. The molecule has 5 atom stereocenters. The molecular formula is C17H26O3. The first kappa shape index (κ1) is 14.1. The molecule has 0 radical (unpaired) electrons. The van der Waals surface area contributed by atoms with Gasteiger partial charge in [0.05, 0.1) is 5.41 Å². The van der Waals surface area contributed by atoms with Gasteiger partial charge in [-0.3, -0.25) is 9.59 Å². The van der Waals surface area contributed by atoms with Crippen LogP contribution in [-0.4, -0.2) is 18.4 Å². The van der Waals surface area contributed by atoms with Gasteiger partial charge in [-0.2, -0.15) is 0 Å². The molecule has 0 amide bonds. The average molecular weight is 278 g/mol. The summed E-state index contributed by atoms with van der Waals surface area (Å²) in [5.41, 5.74) is -0.232. The summed E-state index contributed by atoms with van der Waals surface area (Å²) in [7, 11) is 0. The molecule has 3 heteroatoms. The first-order valence-electron chi connectivity index (χ1n) is 7.99. The summed E-state index contributed by atoms with van der Waals surface area (Å²) in [5, 5.41) is 0. The second-order valence-electron chi connectivity index (χ2n) is 7.61. The lowest BCUT2D eigenvalue weighted by Gasteiger charge is -2.45. The van der Waals surface area contributed by atoms with Crippen LogP contribution in [0.25, 0.3) is 0 Å². The zero-order valence-electron chi connectivity index (χ0n) is 13.1. The van der Waals surface area contributed by atoms with Crippen molar-refractivity contribution in [3.8, 4) is 0 Å². The maximum Gasteiger partial charge on any atom is 0.302 e. The van der Waals surface area contributed by atoms with Gasteiger partial charge in [0, 0.05) is 12.8 Å². The number of esters is 1. The van der Waals surface area contributed by atoms with Gasteiger partial charge in [0.25, 0.3) is 0 Å². The van der Waals surface area contributed by atoms with E-state index in [0.29, 0.717) is 11.7 Å². The molecule has 0 aromatic carbocycles. The molecule has 3 rings (SSSR count). The van der Waals surface area contributed by atoms with Crippen LogP contribution in [-0.2, 0) is 14.3 Å². The number of rotatable bonds is 2. The SMILES string of the molecule is CC(=O)OC[C@]1(C)C(=O)C(C)[C@]23CCC[C@@]21CCC3C. The quantitative estimate of drug-likeness (QED) is 0.727. The number of carbonyl (C=O) groups excluding carboxylic acids is 2. The van der Waals surface area contributed by atoms with Crippen LogP contribution in [0.3, 0.4) is 0 Å². The third kappa shape index (κ3) is 1.28. The Labute approximate surface area is 121 Å². The average Bonchev–Trinajstić information content (AvgIpc) is 2.96. The van der Waals surface area contributed by atoms with Gasteiger partial charge >= 0.3 is 5.97 Å². The van der Waals surface area contributed by atoms with E-state index in [1.54, 1.807) is 0 Å². The van der Waals surface area contributed by atoms with Crippen LogP contribution in [0.5, 0.6) is 0 Å². The lowest BCUT2D eigenvalue weighted by molar-refractivity contribution is -0.151. The number of ether oxygens (including phenoxy) is 1. The molecule has 0 N–H and O–H groups in total. The minimum Gasteiger partial charge on any atom is -0.465 e. The molecule has 0 aliphatic heterocycles. The molecule has 3 fully saturated rings. The molecule has 3 nitrogen and oxygen atoms in total. The molecule has 3 aliphatic carbocycles. The highest BCUT2D eigenvalue weighted by atomic mass is 16.5. The predicted octanol–water partition coefficient (Wildman–Crippen LogP) is 3.36. The minimum atomic E-state index is -0.473. The van der Waals surface area contributed by atoms with E-state index in [1.807, 2.05) is 0 Å². The fourth-order valence-electron chi connectivity index (χ4n) is 6.48. The van der Waals surface area contributed by atoms with Gasteiger partial charge in [-0.05, 0) is 49.4 Å². The van der Waals surface area contributed by atoms with E-state index >= 15 is 0 Å². The van der Waals surface area contributed by atoms with Gasteiger partial charge in [0.15, 0.2) is 0 Å². The van der Waals surface area contributed by atoms with Crippen molar-refractivity contribution in [2.75, 3.05) is 6.61 Å². The summed E-state index contributed by atoms with van der Waals surface area (Å²) >= 11 is 0. The van der Waals surface area contributed by atoms with Crippen molar-refractivity contribution in [3.05, 3.63) is 0 Å². The molecule has 0 aromatic rings. The van der Waals surface area contributed by atoms with Gasteiger partial charge in [-0.15, -0.1) is 0 Å². The van der Waals surface area contributed by atoms with Crippen molar-refractivity contribution in [3.63, 3.8) is 0 Å². The van der Waals surface area contributed by atoms with Gasteiger partial charge in [-0.1, -0.05) is 20.3 Å². The highest BCUT2D eigenvalue weighted by Crippen LogP contribution is 2.79. The van der Waals surface area contributed by atoms with Crippen molar-refractivity contribution < 1.29 is 14.3 Å². The molecule has 0 saturated heterocycles. The maximum atomic E-state index is 13.0. The number of ketones is 1. The summed E-state index contributed by atoms with van der Waals surface area (Å²) < 4.78 is 5.33. The van der Waals surface area contributed by atoms with Crippen molar-refractivity contribution in [2.45, 2.75) is 59.8 Å². The first-order valence-corrected chi connectivity index (χ1v) is 7.99. The third-order valence-electron chi connectivity index (χ3n) is 7.30. The standard InChI is InChI=1S/C17H26O3/c1-11-6-9-16-7-5-8-17(11,16)12(2)14(19)15(16,4)10-20-13(3)18/h11-12H,5-10H2,1-4H3/t11?,12?,15-,16+,17-/m1/s1. The van der Waals surface area contributed by atoms with Crippen LogP contribution in [0.4, 0.5) is 0 Å². The molecule has 20 heavy (non-hydrogen) atoms. The van der Waals surface area contributed by atoms with Crippen LogP contribution in [0.1, 0.15) is 59.8 Å². The van der Waals surface area contributed by atoms with E-state index in [-0.39, 0.29) is 29.3 Å². The van der Waals surface area contributed by atoms with Gasteiger partial charge in [0.1, 0.15) is 12.4 Å². The summed E-state index contributed by atoms with van der Waals surface area (Å²) in [4.78, 5) is 24.3. The predicted molar refractivity (Wildman–Crippen MR) is 76.0 cm³/mol. The molecule has 0 heterocycles. The molecule has 3 aliphatic rings. The molecule has 0 aromatic heterocycles. The number of hydrogen-bond acceptors (Lipinski definition) is 3. The zero-order chi connectivity index (χ0) is 14.8. The van der Waals surface area contributed by atoms with Crippen LogP contribution >= 0.6 is 0 Å². The van der Waals surface area contributed by atoms with E-state index in [4.69, 9.17) is 4.74 Å². The van der Waals surface area contributed by atoms with E-state index in [1.165, 1.54) is 26.2 Å². The van der Waals surface area contributed by atoms with Gasteiger partial charge in [-0.25, -0.2) is 0 Å². The second kappa shape index (κ2) is 4.08. The summed E-state index contributed by atoms with van der Waals surface area (Å²) in [6.07, 6.45) is 5.87. The summed E-state index contributed by atoms with van der Waals surface area (Å²) in [6, 6.07) is 0. The topological polar surface area (TPSA) is 43.4 Å². The van der Waals surface area contributed by atoms with Crippen LogP contribution in [0.15, 0.2) is 0 Å². The largest absolute Gasteiger partial charge is 0.465 e. The Morgan fingerprint density at radius 2 is 2.00 bits per heavy atom. The Morgan fingerprint density at radius 1 is 1.30 bits per heavy atom. The molecule has 0 bridgehead atoms. The van der Waals surface area contributed by atoms with Gasteiger partial charge < -0.3 is 4.74 Å². The highest BCUT2D eigenvalue weighted by Gasteiger charge is 2.77. The number of carbonyl (C=O) groups is 2. The van der Waals surface area contributed by atoms with Crippen molar-refractivity contribution in [1.29, 1.82) is 0 Å². The Kier molecular flexibility index (Phi) is 2.88. The Morgan fingerprint density at radius 3 is 2.65 bits per heavy atom. The fourth-order valence-corrected chi connectivity index (χ4v) is 6.48. The lowest BCUT2D eigenvalue weighted by atomic mass is 9.57. The van der Waals surface area contributed by atoms with E-state index < -0.39 is 5.41 Å². The number of Topliss-reactive ketones (excluding diaryl/α,β-unsaturated/α-hetero) is 1. The van der Waals surface area contributed by atoms with Gasteiger partial charge in [0.2, 0.25) is 0 Å². The maximum absolute atomic E-state index is 13.0. The Bertz CT molecular complexity index is 471. The van der Waals surface area contributed by atoms with E-state index in [9.17, 15) is 9.59 Å². The Hall–Kier alpha value is -0.860. The first-order chi connectivity index (χ1) is 9.32. The normalized spacial score (nSPS) is 50.1. The zero-order valence-corrected chi connectivity index (χ0v) is 13.1. The van der Waals surface area contributed by atoms with Crippen molar-refractivity contribution >= 4 is 11.8 Å². The smallest absolute Gasteiger partial charge is 0.302 e. The van der Waals surface area contributed by atoms with Crippen LogP contribution in [0.2, 0.25) is 0 Å². The van der Waals surface area contributed by atoms with Crippen molar-refractivity contribution in [2.24, 2.45) is 28.1 Å². The molecule has 2 unspecified atom stereocenters. The van der Waals surface area contributed by atoms with E-state index in [2.05, 4.69) is 20.8 Å². The highest BCUT2D eigenvalue weighted by molar-refractivity contribution is 5.92. The fraction of sp³-hybridized carbons (Fsp3) is 0.882. The molecule has 112 valence electrons. The summed E-state index contributed by atoms with van der Waals surface area (Å²) in [6.45, 7) is 8.24. The lowest BCUT2D eigenvalue weighted by Crippen LogP contribution is -2.45. The van der Waals surface area contributed by atoms with Crippen LogP contribution < -0.4 is 0 Å².